The summed E-state index contributed by atoms with van der Waals surface area (Å²) in [6.07, 6.45) is 2.21. The van der Waals surface area contributed by atoms with Crippen molar-refractivity contribution in [1.82, 2.24) is 9.59 Å². The van der Waals surface area contributed by atoms with E-state index in [0.717, 1.165) is 17.0 Å². The molecule has 0 bridgehead atoms. The third-order valence-corrected chi connectivity index (χ3v) is 3.33. The first-order valence-corrected chi connectivity index (χ1v) is 5.46. The Morgan fingerprint density at radius 1 is 1.54 bits per heavy atom. The zero-order valence-corrected chi connectivity index (χ0v) is 9.27. The van der Waals surface area contributed by atoms with Crippen molar-refractivity contribution in [3.05, 3.63) is 10.6 Å². The van der Waals surface area contributed by atoms with Crippen LogP contribution < -0.4 is 5.73 Å². The molecule has 0 aliphatic rings. The molecule has 2 unspecified atom stereocenters. The maximum atomic E-state index is 6.05. The van der Waals surface area contributed by atoms with Crippen LogP contribution in [0.1, 0.15) is 43.3 Å². The Morgan fingerprint density at radius 2 is 2.23 bits per heavy atom. The summed E-state index contributed by atoms with van der Waals surface area (Å²) < 4.78 is 3.89. The molecule has 0 aliphatic heterocycles. The van der Waals surface area contributed by atoms with E-state index in [-0.39, 0.29) is 6.04 Å². The van der Waals surface area contributed by atoms with Crippen LogP contribution in [0.3, 0.4) is 0 Å². The molecule has 2 N–H and O–H groups in total. The highest BCUT2D eigenvalue weighted by atomic mass is 32.1. The Kier molecular flexibility index (Phi) is 3.81. The summed E-state index contributed by atoms with van der Waals surface area (Å²) in [4.78, 5) is 1.14. The first-order valence-electron chi connectivity index (χ1n) is 4.69. The van der Waals surface area contributed by atoms with Crippen LogP contribution >= 0.6 is 11.5 Å². The highest BCUT2D eigenvalue weighted by Gasteiger charge is 2.14. The molecule has 74 valence electrons. The summed E-state index contributed by atoms with van der Waals surface area (Å²) in [6.45, 7) is 6.38. The Labute approximate surface area is 83.5 Å². The number of aromatic nitrogens is 2. The van der Waals surface area contributed by atoms with E-state index in [0.29, 0.717) is 5.92 Å². The van der Waals surface area contributed by atoms with Gasteiger partial charge in [0.15, 0.2) is 0 Å². The summed E-state index contributed by atoms with van der Waals surface area (Å²) in [6, 6.07) is 0.120. The van der Waals surface area contributed by atoms with E-state index in [1.807, 2.05) is 6.92 Å². The molecular weight excluding hydrogens is 182 g/mol. The average molecular weight is 199 g/mol. The van der Waals surface area contributed by atoms with E-state index in [2.05, 4.69) is 23.4 Å². The monoisotopic (exact) mass is 199 g/mol. The maximum Gasteiger partial charge on any atom is 0.0772 e. The summed E-state index contributed by atoms with van der Waals surface area (Å²) >= 11 is 1.42. The minimum absolute atomic E-state index is 0.120. The zero-order chi connectivity index (χ0) is 9.84. The second-order valence-corrected chi connectivity index (χ2v) is 4.36. The third-order valence-electron chi connectivity index (χ3n) is 2.38. The largest absolute Gasteiger partial charge is 0.323 e. The summed E-state index contributed by atoms with van der Waals surface area (Å²) in [7, 11) is 0. The van der Waals surface area contributed by atoms with Crippen molar-refractivity contribution in [3.63, 3.8) is 0 Å². The second kappa shape index (κ2) is 4.67. The van der Waals surface area contributed by atoms with Gasteiger partial charge in [-0.25, -0.2) is 0 Å². The average Bonchev–Trinajstić information content (AvgIpc) is 2.51. The molecule has 0 saturated heterocycles. The SMILES string of the molecule is CCC(C)CC(N)c1snnc1C. The van der Waals surface area contributed by atoms with E-state index >= 15 is 0 Å². The molecule has 2 atom stereocenters. The number of hydrogen-bond acceptors (Lipinski definition) is 4. The van der Waals surface area contributed by atoms with Gasteiger partial charge in [0, 0.05) is 6.04 Å². The number of nitrogens with two attached hydrogens (primary N) is 1. The lowest BCUT2D eigenvalue weighted by Gasteiger charge is -2.14. The molecule has 1 aromatic rings. The van der Waals surface area contributed by atoms with Crippen molar-refractivity contribution in [2.75, 3.05) is 0 Å². The van der Waals surface area contributed by atoms with Crippen LogP contribution in [-0.4, -0.2) is 9.59 Å². The number of aryl methyl sites for hydroxylation is 1. The Morgan fingerprint density at radius 3 is 2.69 bits per heavy atom. The van der Waals surface area contributed by atoms with Gasteiger partial charge in [-0.2, -0.15) is 0 Å². The summed E-state index contributed by atoms with van der Waals surface area (Å²) in [5.74, 6) is 0.677. The van der Waals surface area contributed by atoms with Gasteiger partial charge in [-0.1, -0.05) is 24.8 Å². The van der Waals surface area contributed by atoms with Crippen LogP contribution in [-0.2, 0) is 0 Å². The molecule has 3 nitrogen and oxygen atoms in total. The first-order chi connectivity index (χ1) is 6.15. The van der Waals surface area contributed by atoms with Crippen LogP contribution in [0.4, 0.5) is 0 Å². The quantitative estimate of drug-likeness (QED) is 0.809. The summed E-state index contributed by atoms with van der Waals surface area (Å²) in [5.41, 5.74) is 7.03. The molecular formula is C9H17N3S. The van der Waals surface area contributed by atoms with Crippen molar-refractivity contribution in [3.8, 4) is 0 Å². The standard InChI is InChI=1S/C9H17N3S/c1-4-6(2)5-8(10)9-7(3)11-12-13-9/h6,8H,4-5,10H2,1-3H3. The van der Waals surface area contributed by atoms with E-state index in [9.17, 15) is 0 Å². The fourth-order valence-electron chi connectivity index (χ4n) is 1.28. The van der Waals surface area contributed by atoms with Gasteiger partial charge in [-0.15, -0.1) is 5.10 Å². The molecule has 0 radical (unpaired) electrons. The lowest BCUT2D eigenvalue weighted by atomic mass is 9.98. The van der Waals surface area contributed by atoms with Crippen molar-refractivity contribution in [2.24, 2.45) is 11.7 Å². The van der Waals surface area contributed by atoms with E-state index in [1.54, 1.807) is 0 Å². The highest BCUT2D eigenvalue weighted by Crippen LogP contribution is 2.24. The molecule has 1 rings (SSSR count). The van der Waals surface area contributed by atoms with Gasteiger partial charge in [0.05, 0.1) is 10.6 Å². The van der Waals surface area contributed by atoms with E-state index in [4.69, 9.17) is 5.73 Å². The lowest BCUT2D eigenvalue weighted by Crippen LogP contribution is -2.13. The molecule has 1 aromatic heterocycles. The summed E-state index contributed by atoms with van der Waals surface area (Å²) in [5, 5.41) is 3.96. The second-order valence-electron chi connectivity index (χ2n) is 3.58. The van der Waals surface area contributed by atoms with Gasteiger partial charge in [0.25, 0.3) is 0 Å². The molecule has 0 spiro atoms. The Hall–Kier alpha value is -0.480. The first kappa shape index (κ1) is 10.6. The smallest absolute Gasteiger partial charge is 0.0772 e. The highest BCUT2D eigenvalue weighted by molar-refractivity contribution is 7.05. The van der Waals surface area contributed by atoms with Crippen LogP contribution in [0.5, 0.6) is 0 Å². The molecule has 0 amide bonds. The molecule has 0 fully saturated rings. The maximum absolute atomic E-state index is 6.05. The minimum Gasteiger partial charge on any atom is -0.323 e. The predicted octanol–water partition coefficient (Wildman–Crippen LogP) is 2.28. The van der Waals surface area contributed by atoms with Crippen LogP contribution in [0.2, 0.25) is 0 Å². The number of nitrogens with zero attached hydrogens (tertiary/aromatic N) is 2. The Balaban J connectivity index is 2.58. The molecule has 0 aliphatic carbocycles. The van der Waals surface area contributed by atoms with Crippen LogP contribution in [0.15, 0.2) is 0 Å². The normalized spacial score (nSPS) is 15.7. The van der Waals surface area contributed by atoms with Gasteiger partial charge < -0.3 is 5.73 Å². The number of rotatable bonds is 4. The van der Waals surface area contributed by atoms with Gasteiger partial charge in [-0.3, -0.25) is 0 Å². The minimum atomic E-state index is 0.120. The van der Waals surface area contributed by atoms with Crippen molar-refractivity contribution in [2.45, 2.75) is 39.7 Å². The van der Waals surface area contributed by atoms with Crippen molar-refractivity contribution < 1.29 is 0 Å². The van der Waals surface area contributed by atoms with Crippen molar-refractivity contribution >= 4 is 11.5 Å². The van der Waals surface area contributed by atoms with Gasteiger partial charge in [0.2, 0.25) is 0 Å². The Bertz CT molecular complexity index is 259. The fraction of sp³-hybridized carbons (Fsp3) is 0.778. The van der Waals surface area contributed by atoms with Gasteiger partial charge in [-0.05, 0) is 30.8 Å². The van der Waals surface area contributed by atoms with Crippen LogP contribution in [0.25, 0.3) is 0 Å². The number of hydrogen-bond donors (Lipinski definition) is 1. The zero-order valence-electron chi connectivity index (χ0n) is 8.45. The van der Waals surface area contributed by atoms with E-state index in [1.165, 1.54) is 18.0 Å². The van der Waals surface area contributed by atoms with Crippen molar-refractivity contribution in [1.29, 1.82) is 0 Å². The lowest BCUT2D eigenvalue weighted by molar-refractivity contribution is 0.463. The fourth-order valence-corrected chi connectivity index (χ4v) is 1.94. The van der Waals surface area contributed by atoms with Crippen LogP contribution in [0, 0.1) is 12.8 Å². The van der Waals surface area contributed by atoms with Gasteiger partial charge in [0.1, 0.15) is 0 Å². The van der Waals surface area contributed by atoms with E-state index < -0.39 is 0 Å². The third kappa shape index (κ3) is 2.74. The molecule has 1 heterocycles. The molecule has 13 heavy (non-hydrogen) atoms. The van der Waals surface area contributed by atoms with Gasteiger partial charge >= 0.3 is 0 Å². The predicted molar refractivity (Wildman–Crippen MR) is 55.6 cm³/mol. The molecule has 0 aromatic carbocycles. The molecule has 0 saturated carbocycles. The molecule has 4 heteroatoms. The topological polar surface area (TPSA) is 51.8 Å².